The Morgan fingerprint density at radius 1 is 0.847 bits per heavy atom. The smallest absolute Gasteiger partial charge is 0.407 e. The minimum atomic E-state index is -0.717. The molecule has 4 N–H and O–H groups in total. The Morgan fingerprint density at radius 2 is 1.54 bits per heavy atom. The molecule has 0 saturated carbocycles. The Kier molecular flexibility index (Phi) is 10.7. The van der Waals surface area contributed by atoms with Crippen LogP contribution in [0.25, 0.3) is 44.2 Å². The summed E-state index contributed by atoms with van der Waals surface area (Å²) in [5, 5.41) is 7.38. The van der Waals surface area contributed by atoms with Crippen molar-refractivity contribution in [3.63, 3.8) is 0 Å². The van der Waals surface area contributed by atoms with Crippen LogP contribution in [-0.2, 0) is 25.7 Å². The highest BCUT2D eigenvalue weighted by molar-refractivity contribution is 6.07. The zero-order valence-corrected chi connectivity index (χ0v) is 34.5. The van der Waals surface area contributed by atoms with Gasteiger partial charge >= 0.3 is 12.2 Å². The fourth-order valence-corrected chi connectivity index (χ4v) is 9.11. The van der Waals surface area contributed by atoms with Crippen LogP contribution >= 0.6 is 0 Å². The van der Waals surface area contributed by atoms with E-state index in [0.717, 1.165) is 81.2 Å². The molecule has 59 heavy (non-hydrogen) atoms. The minimum Gasteiger partial charge on any atom is -0.488 e. The Labute approximate surface area is 342 Å². The van der Waals surface area contributed by atoms with Crippen LogP contribution < -0.4 is 15.4 Å². The van der Waals surface area contributed by atoms with Crippen LogP contribution in [0.1, 0.15) is 96.0 Å². The van der Waals surface area contributed by atoms with Gasteiger partial charge in [-0.2, -0.15) is 0 Å². The number of carbonyl (C=O) groups excluding carboxylic acids is 4. The standard InChI is InChI=1S/C44H52N8O7/c1-8-31(48-43(55)57-6)41(53)51-23(4)10-16-35(51)40-46-32-14-12-25-18-30-28-13-11-26(17-27(28)21-59-36(30)19-29(25)38(32)49-40)33-20-45-39(47-33)34-15-9-24(5)52(34)42(54)37(22(2)3)50-44(56)58-7/h11-14,17-20,22-24,31,34-35,37H,8-10,15-16,21H2,1-7H3,(H,45,47)(H,46,49)(H,48,55)(H,50,56)/t23-,24-,31-,34-,35?,37-/m0/s1. The lowest BCUT2D eigenvalue weighted by Gasteiger charge is -2.32. The molecule has 4 amide bonds. The van der Waals surface area contributed by atoms with E-state index in [1.807, 2.05) is 56.7 Å². The maximum absolute atomic E-state index is 13.9. The van der Waals surface area contributed by atoms with Crippen LogP contribution in [0.5, 0.6) is 5.75 Å². The molecule has 0 aliphatic carbocycles. The van der Waals surface area contributed by atoms with Gasteiger partial charge in [-0.1, -0.05) is 39.0 Å². The van der Waals surface area contributed by atoms with E-state index in [9.17, 15) is 19.2 Å². The van der Waals surface area contributed by atoms with Gasteiger partial charge in [-0.05, 0) is 98.2 Å². The van der Waals surface area contributed by atoms with Crippen molar-refractivity contribution in [2.75, 3.05) is 14.2 Å². The number of nitrogens with zero attached hydrogens (tertiary/aromatic N) is 4. The van der Waals surface area contributed by atoms with Gasteiger partial charge in [0.05, 0.1) is 49.2 Å². The second-order valence-corrected chi connectivity index (χ2v) is 16.3. The normalized spacial score (nSPS) is 20.9. The van der Waals surface area contributed by atoms with Crippen LogP contribution in [-0.4, -0.2) is 92.1 Å². The first-order valence-electron chi connectivity index (χ1n) is 20.5. The summed E-state index contributed by atoms with van der Waals surface area (Å²) in [5.74, 6) is 1.77. The number of H-pyrrole nitrogens is 2. The maximum atomic E-state index is 13.9. The van der Waals surface area contributed by atoms with E-state index in [4.69, 9.17) is 24.2 Å². The third-order valence-electron chi connectivity index (χ3n) is 12.3. The molecule has 3 aromatic carbocycles. The number of likely N-dealkylation sites (tertiary alicyclic amines) is 2. The topological polar surface area (TPSA) is 184 Å². The molecule has 8 rings (SSSR count). The monoisotopic (exact) mass is 804 g/mol. The summed E-state index contributed by atoms with van der Waals surface area (Å²) in [7, 11) is 2.58. The Bertz CT molecular complexity index is 2440. The molecule has 3 aliphatic rings. The number of hydrogen-bond acceptors (Lipinski definition) is 9. The predicted octanol–water partition coefficient (Wildman–Crippen LogP) is 7.28. The number of amides is 4. The van der Waals surface area contributed by atoms with Gasteiger partial charge in [0.1, 0.15) is 36.1 Å². The quantitative estimate of drug-likeness (QED) is 0.119. The Balaban J connectivity index is 1.04. The first-order valence-corrected chi connectivity index (χ1v) is 20.5. The van der Waals surface area contributed by atoms with Crippen molar-refractivity contribution in [1.29, 1.82) is 0 Å². The number of benzene rings is 3. The van der Waals surface area contributed by atoms with Gasteiger partial charge in [0.15, 0.2) is 0 Å². The molecule has 5 heterocycles. The maximum Gasteiger partial charge on any atom is 0.407 e. The second-order valence-electron chi connectivity index (χ2n) is 16.3. The lowest BCUT2D eigenvalue weighted by atomic mass is 9.92. The molecular weight excluding hydrogens is 753 g/mol. The molecule has 0 radical (unpaired) electrons. The first kappa shape index (κ1) is 39.7. The summed E-state index contributed by atoms with van der Waals surface area (Å²) in [5.41, 5.74) is 6.59. The van der Waals surface area contributed by atoms with E-state index < -0.39 is 24.3 Å². The molecule has 0 bridgehead atoms. The lowest BCUT2D eigenvalue weighted by Crippen LogP contribution is -2.52. The summed E-state index contributed by atoms with van der Waals surface area (Å²) in [6.45, 7) is 10.1. The van der Waals surface area contributed by atoms with E-state index >= 15 is 0 Å². The number of fused-ring (bicyclic) bond motifs is 6. The fourth-order valence-electron chi connectivity index (χ4n) is 9.11. The van der Waals surface area contributed by atoms with Gasteiger partial charge in [0.2, 0.25) is 11.8 Å². The molecule has 2 aromatic heterocycles. The highest BCUT2D eigenvalue weighted by Crippen LogP contribution is 2.44. The first-order chi connectivity index (χ1) is 28.4. The zero-order valence-electron chi connectivity index (χ0n) is 34.5. The zero-order chi connectivity index (χ0) is 41.7. The van der Waals surface area contributed by atoms with Gasteiger partial charge in [-0.15, -0.1) is 0 Å². The summed E-state index contributed by atoms with van der Waals surface area (Å²) >= 11 is 0. The SMILES string of the molecule is CC[C@H](NC(=O)OC)C(=O)N1C(c2nc3c(ccc4cc5c(cc43)OCc3cc(-c4cnc([C@@H]6CC[C@H](C)N6C(=O)[C@@H](NC(=O)OC)C(C)C)[nH]4)ccc3-5)[nH]2)CC[C@@H]1C. The van der Waals surface area contributed by atoms with Crippen molar-refractivity contribution >= 4 is 45.8 Å². The van der Waals surface area contributed by atoms with Gasteiger partial charge in [0, 0.05) is 23.0 Å². The molecular formula is C44H52N8O7. The van der Waals surface area contributed by atoms with E-state index in [2.05, 4.69) is 57.0 Å². The third kappa shape index (κ3) is 7.20. The van der Waals surface area contributed by atoms with E-state index in [1.54, 1.807) is 0 Å². The van der Waals surface area contributed by atoms with Crippen molar-refractivity contribution < 1.29 is 33.4 Å². The van der Waals surface area contributed by atoms with Crippen LogP contribution in [0.3, 0.4) is 0 Å². The van der Waals surface area contributed by atoms with Gasteiger partial charge < -0.3 is 44.6 Å². The summed E-state index contributed by atoms with van der Waals surface area (Å²) in [6.07, 6.45) is 4.14. The highest BCUT2D eigenvalue weighted by atomic mass is 16.5. The number of methoxy groups -OCH3 is 2. The predicted molar refractivity (Wildman–Crippen MR) is 221 cm³/mol. The Hall–Kier alpha value is -6.12. The molecule has 6 atom stereocenters. The average Bonchev–Trinajstić information content (AvgIpc) is 4.06. The molecule has 15 nitrogen and oxygen atoms in total. The molecule has 5 aromatic rings. The second kappa shape index (κ2) is 15.9. The number of aromatic amines is 2. The van der Waals surface area contributed by atoms with Crippen molar-refractivity contribution in [1.82, 2.24) is 40.4 Å². The number of alkyl carbamates (subject to hydrolysis) is 2. The van der Waals surface area contributed by atoms with Crippen molar-refractivity contribution in [3.05, 3.63) is 65.9 Å². The highest BCUT2D eigenvalue weighted by Gasteiger charge is 2.42. The van der Waals surface area contributed by atoms with Crippen molar-refractivity contribution in [2.24, 2.45) is 5.92 Å². The van der Waals surface area contributed by atoms with Gasteiger partial charge in [0.25, 0.3) is 0 Å². The largest absolute Gasteiger partial charge is 0.488 e. The number of hydrogen-bond donors (Lipinski definition) is 4. The number of nitrogens with one attached hydrogen (secondary N) is 4. The van der Waals surface area contributed by atoms with Gasteiger partial charge in [-0.25, -0.2) is 19.6 Å². The molecule has 2 fully saturated rings. The molecule has 310 valence electrons. The van der Waals surface area contributed by atoms with E-state index in [-0.39, 0.29) is 41.9 Å². The van der Waals surface area contributed by atoms with E-state index in [0.29, 0.717) is 24.7 Å². The molecule has 1 unspecified atom stereocenters. The van der Waals surface area contributed by atoms with Crippen molar-refractivity contribution in [3.8, 4) is 28.1 Å². The molecule has 15 heteroatoms. The number of rotatable bonds is 9. The van der Waals surface area contributed by atoms with E-state index in [1.165, 1.54) is 14.2 Å². The lowest BCUT2D eigenvalue weighted by molar-refractivity contribution is -0.137. The molecule has 3 aliphatic heterocycles. The minimum absolute atomic E-state index is 0.0136. The summed E-state index contributed by atoms with van der Waals surface area (Å²) in [4.78, 5) is 72.3. The average molecular weight is 805 g/mol. The molecule has 0 spiro atoms. The van der Waals surface area contributed by atoms with Crippen LogP contribution in [0.15, 0.2) is 48.7 Å². The van der Waals surface area contributed by atoms with Crippen molar-refractivity contribution in [2.45, 2.75) is 110 Å². The molecule has 2 saturated heterocycles. The Morgan fingerprint density at radius 3 is 2.24 bits per heavy atom. The number of ether oxygens (including phenoxy) is 3. The number of carbonyl (C=O) groups is 4. The van der Waals surface area contributed by atoms with Crippen LogP contribution in [0.2, 0.25) is 0 Å². The van der Waals surface area contributed by atoms with Crippen LogP contribution in [0.4, 0.5) is 9.59 Å². The fraction of sp³-hybridized carbons (Fsp3) is 0.455. The number of imidazole rings is 2. The third-order valence-corrected chi connectivity index (χ3v) is 12.3. The summed E-state index contributed by atoms with van der Waals surface area (Å²) in [6, 6.07) is 12.7. The van der Waals surface area contributed by atoms with Crippen LogP contribution in [0, 0.1) is 5.92 Å². The number of aromatic nitrogens is 4. The van der Waals surface area contributed by atoms with Gasteiger partial charge in [-0.3, -0.25) is 9.59 Å². The summed E-state index contributed by atoms with van der Waals surface area (Å²) < 4.78 is 16.0.